The highest BCUT2D eigenvalue weighted by Crippen LogP contribution is 2.24. The predicted molar refractivity (Wildman–Crippen MR) is 113 cm³/mol. The van der Waals surface area contributed by atoms with Gasteiger partial charge in [-0.1, -0.05) is 17.7 Å². The average molecular weight is 416 g/mol. The Balaban J connectivity index is 1.36. The van der Waals surface area contributed by atoms with Crippen LogP contribution in [0, 0.1) is 6.92 Å². The van der Waals surface area contributed by atoms with Gasteiger partial charge in [0.15, 0.2) is 6.10 Å². The normalized spacial score (nSPS) is 13.9. The summed E-state index contributed by atoms with van der Waals surface area (Å²) in [5, 5.41) is 8.55. The van der Waals surface area contributed by atoms with Crippen molar-refractivity contribution in [1.82, 2.24) is 19.7 Å². The molecule has 0 amide bonds. The van der Waals surface area contributed by atoms with E-state index in [9.17, 15) is 9.59 Å². The van der Waals surface area contributed by atoms with E-state index in [0.29, 0.717) is 28.9 Å². The number of fused-ring (bicyclic) bond motifs is 2. The first kappa shape index (κ1) is 19.2. The van der Waals surface area contributed by atoms with Gasteiger partial charge in [0.2, 0.25) is 5.89 Å². The number of esters is 1. The van der Waals surface area contributed by atoms with Crippen molar-refractivity contribution < 1.29 is 13.9 Å². The number of aryl methyl sites for hydroxylation is 2. The van der Waals surface area contributed by atoms with Crippen molar-refractivity contribution in [3.63, 3.8) is 0 Å². The zero-order chi connectivity index (χ0) is 21.5. The molecule has 0 saturated carbocycles. The summed E-state index contributed by atoms with van der Waals surface area (Å²) >= 11 is 0. The second-order valence-electron chi connectivity index (χ2n) is 7.68. The smallest absolute Gasteiger partial charge is 0.338 e. The molecule has 156 valence electrons. The quantitative estimate of drug-likeness (QED) is 0.468. The zero-order valence-corrected chi connectivity index (χ0v) is 17.2. The topological polar surface area (TPSA) is 100 Å². The summed E-state index contributed by atoms with van der Waals surface area (Å²) in [5.74, 6) is 0.777. The maximum absolute atomic E-state index is 12.7. The van der Waals surface area contributed by atoms with Gasteiger partial charge in [0.1, 0.15) is 5.82 Å². The predicted octanol–water partition coefficient (Wildman–Crippen LogP) is 3.62. The van der Waals surface area contributed by atoms with Crippen LogP contribution in [0.15, 0.2) is 51.7 Å². The fourth-order valence-corrected chi connectivity index (χ4v) is 3.70. The van der Waals surface area contributed by atoms with Gasteiger partial charge < -0.3 is 9.15 Å². The van der Waals surface area contributed by atoms with Gasteiger partial charge in [-0.3, -0.25) is 9.36 Å². The molecular weight excluding hydrogens is 396 g/mol. The number of rotatable bonds is 4. The molecule has 0 unspecified atom stereocenters. The Kier molecular flexibility index (Phi) is 4.62. The summed E-state index contributed by atoms with van der Waals surface area (Å²) in [5.41, 5.74) is 2.66. The van der Waals surface area contributed by atoms with Crippen LogP contribution in [0.2, 0.25) is 0 Å². The fraction of sp³-hybridized carbons (Fsp3) is 0.261. The summed E-state index contributed by atoms with van der Waals surface area (Å²) in [6.45, 7) is 4.35. The van der Waals surface area contributed by atoms with Gasteiger partial charge in [-0.25, -0.2) is 9.78 Å². The Hall–Kier alpha value is -3.81. The molecule has 2 aromatic heterocycles. The Morgan fingerprint density at radius 1 is 1.16 bits per heavy atom. The number of ether oxygens (including phenoxy) is 1. The minimum atomic E-state index is -0.728. The Morgan fingerprint density at radius 2 is 1.97 bits per heavy atom. The van der Waals surface area contributed by atoms with Gasteiger partial charge in [0.05, 0.1) is 16.5 Å². The number of carbonyl (C=O) groups is 1. The molecule has 1 aliphatic rings. The van der Waals surface area contributed by atoms with E-state index in [1.807, 2.05) is 31.2 Å². The highest BCUT2D eigenvalue weighted by molar-refractivity contribution is 5.94. The van der Waals surface area contributed by atoms with Gasteiger partial charge in [-0.15, -0.1) is 10.2 Å². The molecule has 1 atom stereocenters. The second kappa shape index (κ2) is 7.46. The highest BCUT2D eigenvalue weighted by Gasteiger charge is 2.21. The van der Waals surface area contributed by atoms with Crippen molar-refractivity contribution in [2.24, 2.45) is 0 Å². The molecule has 0 N–H and O–H groups in total. The molecule has 4 aromatic rings. The third-order valence-electron chi connectivity index (χ3n) is 5.42. The number of nitrogens with zero attached hydrogens (tertiary/aromatic N) is 4. The molecule has 0 saturated heterocycles. The second-order valence-corrected chi connectivity index (χ2v) is 7.68. The number of carbonyl (C=O) groups excluding carboxylic acids is 1. The van der Waals surface area contributed by atoms with Crippen LogP contribution in [0.1, 0.15) is 47.1 Å². The number of hydrogen-bond donors (Lipinski definition) is 0. The summed E-state index contributed by atoms with van der Waals surface area (Å²) < 4.78 is 12.9. The summed E-state index contributed by atoms with van der Waals surface area (Å²) in [6, 6.07) is 12.5. The van der Waals surface area contributed by atoms with Crippen LogP contribution < -0.4 is 5.56 Å². The minimum absolute atomic E-state index is 0.0692. The standard InChI is InChI=1S/C23H20N4O4/c1-13-5-7-15(8-6-13)21-26-25-20(31-21)14(2)30-23(29)16-9-10-17-18(12-16)24-19-4-3-11-27(19)22(17)28/h5-10,12,14H,3-4,11H2,1-2H3/t14-/m1/s1. The van der Waals surface area contributed by atoms with Gasteiger partial charge in [0, 0.05) is 18.5 Å². The van der Waals surface area contributed by atoms with Crippen molar-refractivity contribution in [2.75, 3.05) is 0 Å². The molecule has 8 heteroatoms. The van der Waals surface area contributed by atoms with E-state index in [2.05, 4.69) is 15.2 Å². The molecule has 2 aromatic carbocycles. The molecule has 0 aliphatic carbocycles. The van der Waals surface area contributed by atoms with Crippen LogP contribution in [0.5, 0.6) is 0 Å². The van der Waals surface area contributed by atoms with E-state index in [1.54, 1.807) is 29.7 Å². The largest absolute Gasteiger partial charge is 0.449 e. The van der Waals surface area contributed by atoms with Crippen molar-refractivity contribution >= 4 is 16.9 Å². The third kappa shape index (κ3) is 3.50. The van der Waals surface area contributed by atoms with Crippen molar-refractivity contribution in [3.8, 4) is 11.5 Å². The lowest BCUT2D eigenvalue weighted by molar-refractivity contribution is 0.0280. The van der Waals surface area contributed by atoms with E-state index >= 15 is 0 Å². The van der Waals surface area contributed by atoms with Crippen LogP contribution in [0.25, 0.3) is 22.4 Å². The molecule has 31 heavy (non-hydrogen) atoms. The fourth-order valence-electron chi connectivity index (χ4n) is 3.70. The van der Waals surface area contributed by atoms with Gasteiger partial charge in [-0.2, -0.15) is 0 Å². The Morgan fingerprint density at radius 3 is 2.77 bits per heavy atom. The highest BCUT2D eigenvalue weighted by atomic mass is 16.6. The summed E-state index contributed by atoms with van der Waals surface area (Å²) in [6.07, 6.45) is 0.936. The Bertz CT molecular complexity index is 1350. The van der Waals surface area contributed by atoms with E-state index < -0.39 is 12.1 Å². The molecule has 1 aliphatic heterocycles. The summed E-state index contributed by atoms with van der Waals surface area (Å²) in [4.78, 5) is 29.8. The lowest BCUT2D eigenvalue weighted by Crippen LogP contribution is -2.21. The zero-order valence-electron chi connectivity index (χ0n) is 17.2. The first-order chi connectivity index (χ1) is 15.0. The van der Waals surface area contributed by atoms with Crippen LogP contribution in [-0.2, 0) is 17.7 Å². The maximum Gasteiger partial charge on any atom is 0.338 e. The summed E-state index contributed by atoms with van der Waals surface area (Å²) in [7, 11) is 0. The third-order valence-corrected chi connectivity index (χ3v) is 5.42. The molecule has 0 fully saturated rings. The number of benzene rings is 2. The van der Waals surface area contributed by atoms with Crippen molar-refractivity contribution in [3.05, 3.63) is 75.7 Å². The molecular formula is C23H20N4O4. The van der Waals surface area contributed by atoms with E-state index in [0.717, 1.165) is 29.8 Å². The van der Waals surface area contributed by atoms with E-state index in [1.165, 1.54) is 0 Å². The van der Waals surface area contributed by atoms with Crippen molar-refractivity contribution in [2.45, 2.75) is 39.3 Å². The molecule has 5 rings (SSSR count). The monoisotopic (exact) mass is 416 g/mol. The van der Waals surface area contributed by atoms with Crippen molar-refractivity contribution in [1.29, 1.82) is 0 Å². The van der Waals surface area contributed by atoms with Crippen LogP contribution in [0.3, 0.4) is 0 Å². The molecule has 0 bridgehead atoms. The number of aromatic nitrogens is 4. The van der Waals surface area contributed by atoms with Crippen LogP contribution in [0.4, 0.5) is 0 Å². The first-order valence-electron chi connectivity index (χ1n) is 10.1. The Labute approximate surface area is 177 Å². The maximum atomic E-state index is 12.7. The number of hydrogen-bond acceptors (Lipinski definition) is 7. The minimum Gasteiger partial charge on any atom is -0.449 e. The van der Waals surface area contributed by atoms with Crippen LogP contribution >= 0.6 is 0 Å². The van der Waals surface area contributed by atoms with Gasteiger partial charge in [-0.05, 0) is 50.6 Å². The first-order valence-corrected chi connectivity index (χ1v) is 10.1. The van der Waals surface area contributed by atoms with Crippen LogP contribution in [-0.4, -0.2) is 25.7 Å². The van der Waals surface area contributed by atoms with Gasteiger partial charge in [0.25, 0.3) is 11.4 Å². The molecule has 0 spiro atoms. The lowest BCUT2D eigenvalue weighted by atomic mass is 10.1. The average Bonchev–Trinajstić information content (AvgIpc) is 3.44. The van der Waals surface area contributed by atoms with E-state index in [4.69, 9.17) is 9.15 Å². The molecule has 3 heterocycles. The molecule has 8 nitrogen and oxygen atoms in total. The van der Waals surface area contributed by atoms with E-state index in [-0.39, 0.29) is 11.4 Å². The lowest BCUT2D eigenvalue weighted by Gasteiger charge is -2.10. The SMILES string of the molecule is Cc1ccc(-c2nnc([C@@H](C)OC(=O)c3ccc4c(=O)n5c(nc4c3)CCC5)o2)cc1. The van der Waals surface area contributed by atoms with Gasteiger partial charge >= 0.3 is 5.97 Å². The molecule has 0 radical (unpaired) electrons.